The Morgan fingerprint density at radius 3 is 2.25 bits per heavy atom. The molecule has 6 heteroatoms. The molecule has 1 unspecified atom stereocenters. The van der Waals surface area contributed by atoms with Crippen LogP contribution in [-0.2, 0) is 4.57 Å². The Morgan fingerprint density at radius 1 is 0.938 bits per heavy atom. The largest absolute Gasteiger partial charge is 0.647 e. The zero-order valence-corrected chi connectivity index (χ0v) is 8.73. The van der Waals surface area contributed by atoms with E-state index < -0.39 is 7.82 Å². The highest BCUT2D eigenvalue weighted by molar-refractivity contribution is 7.50. The Morgan fingerprint density at radius 2 is 1.50 bits per heavy atom. The zero-order chi connectivity index (χ0) is 10.9. The molecule has 0 spiro atoms. The molecule has 1 atom stereocenters. The molecule has 0 radical (unpaired) electrons. The Hall–Kier alpha value is -1.87. The van der Waals surface area contributed by atoms with Crippen molar-refractivity contribution in [3.63, 3.8) is 0 Å². The van der Waals surface area contributed by atoms with E-state index in [0.29, 0.717) is 5.39 Å². The second kappa shape index (κ2) is 2.28. The smallest absolute Gasteiger partial charge is 0.502 e. The minimum atomic E-state index is -3.58. The van der Waals surface area contributed by atoms with E-state index in [1.54, 1.807) is 18.2 Å². The summed E-state index contributed by atoms with van der Waals surface area (Å²) >= 11 is 0. The van der Waals surface area contributed by atoms with Crippen LogP contribution in [0.25, 0.3) is 10.8 Å². The van der Waals surface area contributed by atoms with Gasteiger partial charge in [-0.15, -0.1) is 0 Å². The molecular formula is C10H5O5P. The Bertz CT molecular complexity index is 668. The van der Waals surface area contributed by atoms with Crippen molar-refractivity contribution in [2.24, 2.45) is 0 Å². The van der Waals surface area contributed by atoms with Gasteiger partial charge in [0.15, 0.2) is 11.5 Å². The topological polar surface area (TPSA) is 65.0 Å². The third-order valence-electron chi connectivity index (χ3n) is 2.66. The summed E-state index contributed by atoms with van der Waals surface area (Å²) in [5.41, 5.74) is 0. The zero-order valence-electron chi connectivity index (χ0n) is 7.84. The van der Waals surface area contributed by atoms with E-state index in [4.69, 9.17) is 13.6 Å². The van der Waals surface area contributed by atoms with Crippen molar-refractivity contribution in [2.45, 2.75) is 0 Å². The average molecular weight is 236 g/mol. The third kappa shape index (κ3) is 0.772. The quantitative estimate of drug-likeness (QED) is 0.712. The first kappa shape index (κ1) is 8.30. The highest BCUT2D eigenvalue weighted by Gasteiger charge is 2.50. The number of fused-ring (bicyclic) bond motifs is 5. The van der Waals surface area contributed by atoms with Crippen molar-refractivity contribution in [1.29, 1.82) is 0 Å². The summed E-state index contributed by atoms with van der Waals surface area (Å²) in [5, 5.41) is 11.2. The lowest BCUT2D eigenvalue weighted by Crippen LogP contribution is -2.02. The van der Waals surface area contributed by atoms with Crippen LogP contribution in [0.1, 0.15) is 0 Å². The summed E-state index contributed by atoms with van der Waals surface area (Å²) in [5.74, 6) is 0.417. The van der Waals surface area contributed by atoms with E-state index in [0.717, 1.165) is 5.39 Å². The molecule has 4 rings (SSSR count). The van der Waals surface area contributed by atoms with E-state index >= 15 is 0 Å². The molecular weight excluding hydrogens is 231 g/mol. The first-order valence-electron chi connectivity index (χ1n) is 4.64. The molecule has 2 heterocycles. The van der Waals surface area contributed by atoms with Gasteiger partial charge in [0, 0.05) is 10.8 Å². The van der Waals surface area contributed by atoms with E-state index in [1.807, 2.05) is 6.07 Å². The molecule has 0 aromatic heterocycles. The number of hydrogen-bond donors (Lipinski definition) is 1. The van der Waals surface area contributed by atoms with Gasteiger partial charge in [-0.25, -0.2) is 0 Å². The van der Waals surface area contributed by atoms with Crippen LogP contribution in [0.2, 0.25) is 0 Å². The van der Waals surface area contributed by atoms with Crippen molar-refractivity contribution in [2.75, 3.05) is 0 Å². The highest BCUT2D eigenvalue weighted by Crippen LogP contribution is 2.71. The maximum absolute atomic E-state index is 11.9. The average Bonchev–Trinajstić information content (AvgIpc) is 2.51. The van der Waals surface area contributed by atoms with Crippen LogP contribution in [0, 0.1) is 0 Å². The molecule has 16 heavy (non-hydrogen) atoms. The predicted molar refractivity (Wildman–Crippen MR) is 55.1 cm³/mol. The number of hydrogen-bond acceptors (Lipinski definition) is 5. The number of rotatable bonds is 0. The first-order chi connectivity index (χ1) is 7.68. The monoisotopic (exact) mass is 236 g/mol. The number of benzene rings is 2. The fourth-order valence-electron chi connectivity index (χ4n) is 2.00. The Labute approximate surface area is 89.8 Å². The van der Waals surface area contributed by atoms with Gasteiger partial charge in [0.25, 0.3) is 0 Å². The lowest BCUT2D eigenvalue weighted by Gasteiger charge is -2.16. The summed E-state index contributed by atoms with van der Waals surface area (Å²) in [6, 6.07) is 7.19. The number of aromatic hydroxyl groups is 1. The van der Waals surface area contributed by atoms with Gasteiger partial charge in [-0.05, 0) is 0 Å². The van der Waals surface area contributed by atoms with Crippen LogP contribution >= 0.6 is 7.82 Å². The van der Waals surface area contributed by atoms with Crippen LogP contribution in [0.4, 0.5) is 0 Å². The van der Waals surface area contributed by atoms with Crippen LogP contribution in [0.15, 0.2) is 24.3 Å². The van der Waals surface area contributed by atoms with E-state index in [1.165, 1.54) is 0 Å². The molecule has 5 nitrogen and oxygen atoms in total. The first-order valence-corrected chi connectivity index (χ1v) is 6.10. The molecule has 2 aromatic carbocycles. The van der Waals surface area contributed by atoms with Gasteiger partial charge < -0.3 is 18.7 Å². The summed E-state index contributed by atoms with van der Waals surface area (Å²) < 4.78 is 27.1. The fraction of sp³-hybridized carbons (Fsp3) is 0. The number of phenolic OH excluding ortho intramolecular Hbond substituents is 1. The van der Waals surface area contributed by atoms with Gasteiger partial charge in [-0.3, -0.25) is 0 Å². The molecule has 3 bridgehead atoms. The van der Waals surface area contributed by atoms with Crippen molar-refractivity contribution in [3.05, 3.63) is 24.3 Å². The van der Waals surface area contributed by atoms with Crippen molar-refractivity contribution in [1.82, 2.24) is 0 Å². The second-order valence-corrected chi connectivity index (χ2v) is 5.04. The summed E-state index contributed by atoms with van der Waals surface area (Å²) in [6.45, 7) is 0. The highest BCUT2D eigenvalue weighted by atomic mass is 31.2. The van der Waals surface area contributed by atoms with Crippen LogP contribution in [-0.4, -0.2) is 5.11 Å². The number of phosphoric acid groups is 1. The van der Waals surface area contributed by atoms with Crippen LogP contribution in [0.3, 0.4) is 0 Å². The molecule has 2 aliphatic heterocycles. The lowest BCUT2D eigenvalue weighted by molar-refractivity contribution is 0.306. The van der Waals surface area contributed by atoms with E-state index in [2.05, 4.69) is 0 Å². The van der Waals surface area contributed by atoms with Gasteiger partial charge >= 0.3 is 7.82 Å². The van der Waals surface area contributed by atoms with Crippen molar-refractivity contribution >= 4 is 18.6 Å². The predicted octanol–water partition coefficient (Wildman–Crippen LogP) is 2.82. The normalized spacial score (nSPS) is 24.0. The standard InChI is InChI=1S/C10H5O5P/c11-7-8-5-3-1-2-4-6(5)9-10(7)15-16(12,13-8)14-9/h1-4,11H. The maximum Gasteiger partial charge on any atom is 0.647 e. The van der Waals surface area contributed by atoms with Gasteiger partial charge in [0.1, 0.15) is 0 Å². The van der Waals surface area contributed by atoms with Crippen molar-refractivity contribution in [3.8, 4) is 23.0 Å². The van der Waals surface area contributed by atoms with Gasteiger partial charge in [-0.2, -0.15) is 4.57 Å². The number of phosphoric ester groups is 1. The van der Waals surface area contributed by atoms with Crippen LogP contribution in [0.5, 0.6) is 23.0 Å². The SMILES string of the molecule is O=P12Oc3c(O)c(c4ccccc4c3O1)O2. The third-order valence-corrected chi connectivity index (χ3v) is 3.88. The van der Waals surface area contributed by atoms with E-state index in [9.17, 15) is 9.67 Å². The molecule has 80 valence electrons. The molecule has 0 amide bonds. The Balaban J connectivity index is 2.31. The molecule has 0 aliphatic carbocycles. The molecule has 2 aromatic rings. The fourth-order valence-corrected chi connectivity index (χ4v) is 3.32. The maximum atomic E-state index is 11.9. The summed E-state index contributed by atoms with van der Waals surface area (Å²) in [7, 11) is -3.58. The van der Waals surface area contributed by atoms with Crippen LogP contribution < -0.4 is 13.6 Å². The molecule has 0 saturated heterocycles. The Kier molecular flexibility index (Phi) is 1.18. The lowest BCUT2D eigenvalue weighted by atomic mass is 10.1. The summed E-state index contributed by atoms with van der Waals surface area (Å²) in [6.07, 6.45) is 0. The minimum Gasteiger partial charge on any atom is -0.502 e. The summed E-state index contributed by atoms with van der Waals surface area (Å²) in [4.78, 5) is 0. The van der Waals surface area contributed by atoms with E-state index in [-0.39, 0.29) is 23.0 Å². The van der Waals surface area contributed by atoms with Gasteiger partial charge in [-0.1, -0.05) is 24.3 Å². The molecule has 2 aliphatic rings. The molecule has 0 fully saturated rings. The van der Waals surface area contributed by atoms with Gasteiger partial charge in [0.05, 0.1) is 0 Å². The number of phenols is 1. The minimum absolute atomic E-state index is 0.114. The second-order valence-electron chi connectivity index (χ2n) is 3.60. The van der Waals surface area contributed by atoms with Crippen molar-refractivity contribution < 1.29 is 23.2 Å². The van der Waals surface area contributed by atoms with Gasteiger partial charge in [0.2, 0.25) is 11.5 Å². The molecule has 1 N–H and O–H groups in total. The molecule has 0 saturated carbocycles.